The topological polar surface area (TPSA) is 63.7 Å². The molecule has 0 saturated carbocycles. The average molecular weight is 244 g/mol. The van der Waals surface area contributed by atoms with Crippen molar-refractivity contribution in [2.24, 2.45) is 0 Å². The van der Waals surface area contributed by atoms with Crippen LogP contribution in [0.15, 0.2) is 30.7 Å². The molecule has 6 heteroatoms. The van der Waals surface area contributed by atoms with Crippen molar-refractivity contribution in [1.29, 1.82) is 0 Å². The highest BCUT2D eigenvalue weighted by Gasteiger charge is 2.09. The number of rotatable bonds is 2. The summed E-state index contributed by atoms with van der Waals surface area (Å²) in [4.78, 5) is 15.3. The molecule has 90 valence electrons. The van der Waals surface area contributed by atoms with Gasteiger partial charge in [-0.3, -0.25) is 0 Å². The molecule has 3 aromatic heterocycles. The van der Waals surface area contributed by atoms with Crippen LogP contribution in [0.4, 0.5) is 4.39 Å². The number of aromatic amines is 1. The summed E-state index contributed by atoms with van der Waals surface area (Å²) in [6, 6.07) is 3.17. The van der Waals surface area contributed by atoms with Crippen molar-refractivity contribution in [3.05, 3.63) is 36.5 Å². The maximum Gasteiger partial charge on any atom is 0.250 e. The van der Waals surface area contributed by atoms with Crippen LogP contribution in [0.2, 0.25) is 0 Å². The average Bonchev–Trinajstić information content (AvgIpc) is 2.85. The Balaban J connectivity index is 2.10. The first-order valence-electron chi connectivity index (χ1n) is 5.28. The summed E-state index contributed by atoms with van der Waals surface area (Å²) in [6.07, 6.45) is 4.93. The Morgan fingerprint density at radius 3 is 2.94 bits per heavy atom. The number of nitrogens with zero attached hydrogens (tertiary/aromatic N) is 3. The molecule has 0 saturated heterocycles. The highest BCUT2D eigenvalue weighted by molar-refractivity contribution is 5.76. The molecule has 3 heterocycles. The van der Waals surface area contributed by atoms with Gasteiger partial charge in [0.2, 0.25) is 5.88 Å². The van der Waals surface area contributed by atoms with Crippen LogP contribution in [0.3, 0.4) is 0 Å². The molecule has 0 atom stereocenters. The summed E-state index contributed by atoms with van der Waals surface area (Å²) in [6.45, 7) is 0. The third kappa shape index (κ3) is 1.67. The van der Waals surface area contributed by atoms with E-state index in [1.807, 2.05) is 6.07 Å². The summed E-state index contributed by atoms with van der Waals surface area (Å²) in [5.74, 6) is -0.163. The summed E-state index contributed by atoms with van der Waals surface area (Å²) in [5, 5.41) is 0.903. The molecular weight excluding hydrogens is 235 g/mol. The van der Waals surface area contributed by atoms with Crippen LogP contribution in [-0.2, 0) is 0 Å². The number of H-pyrrole nitrogens is 1. The molecule has 18 heavy (non-hydrogen) atoms. The number of methoxy groups -OCH3 is 1. The van der Waals surface area contributed by atoms with Gasteiger partial charge in [0.25, 0.3) is 0 Å². The van der Waals surface area contributed by atoms with Crippen LogP contribution in [0.5, 0.6) is 5.88 Å². The van der Waals surface area contributed by atoms with Gasteiger partial charge in [0.15, 0.2) is 11.6 Å². The van der Waals surface area contributed by atoms with E-state index in [9.17, 15) is 4.39 Å². The summed E-state index contributed by atoms with van der Waals surface area (Å²) in [7, 11) is 1.37. The van der Waals surface area contributed by atoms with Gasteiger partial charge in [-0.2, -0.15) is 0 Å². The van der Waals surface area contributed by atoms with E-state index >= 15 is 0 Å². The third-order valence-electron chi connectivity index (χ3n) is 2.56. The molecule has 0 aliphatic carbocycles. The molecule has 0 aliphatic heterocycles. The monoisotopic (exact) mass is 244 g/mol. The second-order valence-electron chi connectivity index (χ2n) is 3.69. The minimum atomic E-state index is -0.537. The van der Waals surface area contributed by atoms with Gasteiger partial charge >= 0.3 is 0 Å². The first-order valence-corrected chi connectivity index (χ1v) is 5.28. The van der Waals surface area contributed by atoms with Crippen molar-refractivity contribution < 1.29 is 9.13 Å². The molecule has 0 aliphatic rings. The number of pyridine rings is 1. The number of nitrogens with one attached hydrogen (secondary N) is 1. The van der Waals surface area contributed by atoms with E-state index in [0.29, 0.717) is 17.0 Å². The van der Waals surface area contributed by atoms with E-state index in [4.69, 9.17) is 4.74 Å². The molecule has 0 radical (unpaired) electrons. The Kier molecular flexibility index (Phi) is 2.40. The quantitative estimate of drug-likeness (QED) is 0.750. The van der Waals surface area contributed by atoms with Crippen LogP contribution in [0, 0.1) is 5.82 Å². The molecule has 0 spiro atoms. The van der Waals surface area contributed by atoms with Crippen LogP contribution in [0.25, 0.3) is 22.4 Å². The molecule has 5 nitrogen and oxygen atoms in total. The zero-order valence-electron chi connectivity index (χ0n) is 9.51. The standard InChI is InChI=1S/C12H9FN4O/c1-18-12-9(13)4-8(6-16-12)11-15-5-7-2-3-14-10(7)17-11/h2-6H,1H3,(H,14,15,17). The van der Waals surface area contributed by atoms with E-state index in [1.54, 1.807) is 12.4 Å². The summed E-state index contributed by atoms with van der Waals surface area (Å²) < 4.78 is 18.3. The third-order valence-corrected chi connectivity index (χ3v) is 2.56. The smallest absolute Gasteiger partial charge is 0.250 e. The zero-order valence-corrected chi connectivity index (χ0v) is 9.51. The molecule has 3 aromatic rings. The Labute approximate surface area is 102 Å². The maximum absolute atomic E-state index is 13.5. The minimum Gasteiger partial charge on any atom is -0.479 e. The van der Waals surface area contributed by atoms with Crippen LogP contribution >= 0.6 is 0 Å². The molecule has 0 unspecified atom stereocenters. The fourth-order valence-corrected chi connectivity index (χ4v) is 1.68. The predicted molar refractivity (Wildman–Crippen MR) is 63.6 cm³/mol. The highest BCUT2D eigenvalue weighted by atomic mass is 19.1. The first kappa shape index (κ1) is 10.6. The zero-order chi connectivity index (χ0) is 12.5. The Hall–Kier alpha value is -2.50. The van der Waals surface area contributed by atoms with E-state index in [0.717, 1.165) is 5.39 Å². The summed E-state index contributed by atoms with van der Waals surface area (Å²) >= 11 is 0. The van der Waals surface area contributed by atoms with Gasteiger partial charge in [0, 0.05) is 29.5 Å². The predicted octanol–water partition coefficient (Wildman–Crippen LogP) is 2.17. The SMILES string of the molecule is COc1ncc(-c2ncc3cc[nH]c3n2)cc1F. The Morgan fingerprint density at radius 1 is 1.28 bits per heavy atom. The fourth-order valence-electron chi connectivity index (χ4n) is 1.68. The lowest BCUT2D eigenvalue weighted by molar-refractivity contribution is 0.369. The molecule has 0 amide bonds. The number of fused-ring (bicyclic) bond motifs is 1. The number of aromatic nitrogens is 4. The van der Waals surface area contributed by atoms with Gasteiger partial charge in [-0.1, -0.05) is 0 Å². The van der Waals surface area contributed by atoms with Crippen molar-refractivity contribution in [2.45, 2.75) is 0 Å². The molecule has 0 fully saturated rings. The van der Waals surface area contributed by atoms with Crippen molar-refractivity contribution in [1.82, 2.24) is 19.9 Å². The van der Waals surface area contributed by atoms with Gasteiger partial charge in [-0.05, 0) is 12.1 Å². The van der Waals surface area contributed by atoms with Gasteiger partial charge in [-0.25, -0.2) is 19.3 Å². The number of hydrogen-bond donors (Lipinski definition) is 1. The van der Waals surface area contributed by atoms with Gasteiger partial charge in [0.05, 0.1) is 7.11 Å². The van der Waals surface area contributed by atoms with Crippen molar-refractivity contribution >= 4 is 11.0 Å². The van der Waals surface area contributed by atoms with Crippen LogP contribution < -0.4 is 4.74 Å². The van der Waals surface area contributed by atoms with Crippen LogP contribution in [-0.4, -0.2) is 27.0 Å². The maximum atomic E-state index is 13.5. The van der Waals surface area contributed by atoms with E-state index in [1.165, 1.54) is 19.4 Å². The lowest BCUT2D eigenvalue weighted by Gasteiger charge is -2.03. The molecule has 3 rings (SSSR count). The molecular formula is C12H9FN4O. The molecule has 1 N–H and O–H groups in total. The number of ether oxygens (including phenoxy) is 1. The largest absolute Gasteiger partial charge is 0.479 e. The highest BCUT2D eigenvalue weighted by Crippen LogP contribution is 2.21. The number of halogens is 1. The van der Waals surface area contributed by atoms with E-state index in [2.05, 4.69) is 19.9 Å². The van der Waals surface area contributed by atoms with Gasteiger partial charge < -0.3 is 9.72 Å². The lowest BCUT2D eigenvalue weighted by Crippen LogP contribution is -1.95. The van der Waals surface area contributed by atoms with E-state index < -0.39 is 5.82 Å². The van der Waals surface area contributed by atoms with Gasteiger partial charge in [-0.15, -0.1) is 0 Å². The fraction of sp³-hybridized carbons (Fsp3) is 0.0833. The normalized spacial score (nSPS) is 10.8. The van der Waals surface area contributed by atoms with Crippen LogP contribution in [0.1, 0.15) is 0 Å². The molecule has 0 aromatic carbocycles. The Morgan fingerprint density at radius 2 is 2.17 bits per heavy atom. The second-order valence-corrected chi connectivity index (χ2v) is 3.69. The van der Waals surface area contributed by atoms with Crippen molar-refractivity contribution in [3.8, 4) is 17.3 Å². The second kappa shape index (κ2) is 4.06. The van der Waals surface area contributed by atoms with Gasteiger partial charge in [0.1, 0.15) is 5.65 Å². The lowest BCUT2D eigenvalue weighted by atomic mass is 10.2. The number of hydrogen-bond acceptors (Lipinski definition) is 4. The van der Waals surface area contributed by atoms with Crippen molar-refractivity contribution in [3.63, 3.8) is 0 Å². The molecule has 0 bridgehead atoms. The van der Waals surface area contributed by atoms with Crippen molar-refractivity contribution in [2.75, 3.05) is 7.11 Å². The summed E-state index contributed by atoms with van der Waals surface area (Å²) in [5.41, 5.74) is 1.21. The minimum absolute atomic E-state index is 0.0419. The Bertz CT molecular complexity index is 710. The van der Waals surface area contributed by atoms with E-state index in [-0.39, 0.29) is 5.88 Å². The first-order chi connectivity index (χ1) is 8.78.